The van der Waals surface area contributed by atoms with Gasteiger partial charge in [-0.2, -0.15) is 0 Å². The van der Waals surface area contributed by atoms with Crippen LogP contribution in [0, 0.1) is 21.8 Å². The van der Waals surface area contributed by atoms with Crippen LogP contribution in [-0.4, -0.2) is 41.3 Å². The monoisotopic (exact) mass is 419 g/mol. The van der Waals surface area contributed by atoms with Crippen LogP contribution in [0.5, 0.6) is 0 Å². The van der Waals surface area contributed by atoms with E-state index >= 15 is 0 Å². The first kappa shape index (κ1) is 20.7. The summed E-state index contributed by atoms with van der Waals surface area (Å²) < 4.78 is 13.8. The molecule has 7 nitrogen and oxygen atoms in total. The molecule has 1 N–H and O–H groups in total. The Bertz CT molecular complexity index is 945. The highest BCUT2D eigenvalue weighted by Gasteiger charge is 2.26. The van der Waals surface area contributed by atoms with E-state index in [-0.39, 0.29) is 33.7 Å². The standard InChI is InChI=1S/C20H19ClFN3O4/c21-14-5-6-18(25(28)29)16(11-14)19(26)23-12-13-7-9-24(10-8-13)20(27)15-3-1-2-4-17(15)22/h1-6,11,13H,7-10,12H2,(H,23,26). The van der Waals surface area contributed by atoms with Gasteiger partial charge in [-0.3, -0.25) is 19.7 Å². The lowest BCUT2D eigenvalue weighted by Crippen LogP contribution is -2.41. The minimum absolute atomic E-state index is 0.0486. The van der Waals surface area contributed by atoms with E-state index in [9.17, 15) is 24.1 Å². The molecule has 2 amide bonds. The first-order chi connectivity index (χ1) is 13.9. The highest BCUT2D eigenvalue weighted by Crippen LogP contribution is 2.23. The zero-order valence-corrected chi connectivity index (χ0v) is 16.2. The summed E-state index contributed by atoms with van der Waals surface area (Å²) in [5.74, 6) is -1.35. The van der Waals surface area contributed by atoms with Crippen LogP contribution in [0.3, 0.4) is 0 Å². The number of carbonyl (C=O) groups excluding carboxylic acids is 2. The largest absolute Gasteiger partial charge is 0.352 e. The van der Waals surface area contributed by atoms with Gasteiger partial charge in [-0.15, -0.1) is 0 Å². The van der Waals surface area contributed by atoms with E-state index in [0.29, 0.717) is 32.5 Å². The van der Waals surface area contributed by atoms with Gasteiger partial charge in [-0.25, -0.2) is 4.39 Å². The molecule has 0 aromatic heterocycles. The van der Waals surface area contributed by atoms with Crippen molar-refractivity contribution in [2.45, 2.75) is 12.8 Å². The Morgan fingerprint density at radius 1 is 1.17 bits per heavy atom. The van der Waals surface area contributed by atoms with Crippen molar-refractivity contribution in [3.63, 3.8) is 0 Å². The summed E-state index contributed by atoms with van der Waals surface area (Å²) in [6.45, 7) is 1.22. The van der Waals surface area contributed by atoms with Gasteiger partial charge in [0.05, 0.1) is 10.5 Å². The van der Waals surface area contributed by atoms with Crippen molar-refractivity contribution in [1.29, 1.82) is 0 Å². The first-order valence-electron chi connectivity index (χ1n) is 9.12. The second kappa shape index (κ2) is 9.00. The number of piperidine rings is 1. The van der Waals surface area contributed by atoms with Crippen molar-refractivity contribution in [3.8, 4) is 0 Å². The molecular formula is C20H19ClFN3O4. The molecule has 0 unspecified atom stereocenters. The van der Waals surface area contributed by atoms with Crippen LogP contribution < -0.4 is 5.32 Å². The number of hydrogen-bond donors (Lipinski definition) is 1. The fourth-order valence-electron chi connectivity index (χ4n) is 3.33. The average molecular weight is 420 g/mol. The topological polar surface area (TPSA) is 92.6 Å². The Morgan fingerprint density at radius 2 is 1.86 bits per heavy atom. The Balaban J connectivity index is 1.55. The molecule has 3 rings (SSSR count). The molecule has 1 aliphatic heterocycles. The third-order valence-electron chi connectivity index (χ3n) is 4.96. The predicted molar refractivity (Wildman–Crippen MR) is 105 cm³/mol. The van der Waals surface area contributed by atoms with Gasteiger partial charge in [0.15, 0.2) is 0 Å². The van der Waals surface area contributed by atoms with Gasteiger partial charge in [-0.1, -0.05) is 23.7 Å². The molecule has 152 valence electrons. The van der Waals surface area contributed by atoms with Crippen LogP contribution in [0.15, 0.2) is 42.5 Å². The minimum atomic E-state index is -0.627. The smallest absolute Gasteiger partial charge is 0.282 e. The van der Waals surface area contributed by atoms with Gasteiger partial charge in [0.1, 0.15) is 11.4 Å². The molecule has 0 radical (unpaired) electrons. The van der Waals surface area contributed by atoms with Crippen molar-refractivity contribution in [2.75, 3.05) is 19.6 Å². The zero-order valence-electron chi connectivity index (χ0n) is 15.4. The Morgan fingerprint density at radius 3 is 2.52 bits per heavy atom. The van der Waals surface area contributed by atoms with Crippen LogP contribution in [0.2, 0.25) is 5.02 Å². The van der Waals surface area contributed by atoms with Crippen LogP contribution in [0.25, 0.3) is 0 Å². The number of nitrogens with zero attached hydrogens (tertiary/aromatic N) is 2. The maximum Gasteiger partial charge on any atom is 0.282 e. The minimum Gasteiger partial charge on any atom is -0.352 e. The number of nitrogens with one attached hydrogen (secondary N) is 1. The normalized spacial score (nSPS) is 14.5. The van der Waals surface area contributed by atoms with Gasteiger partial charge in [0.2, 0.25) is 0 Å². The molecule has 0 aliphatic carbocycles. The molecule has 29 heavy (non-hydrogen) atoms. The van der Waals surface area contributed by atoms with E-state index < -0.39 is 16.6 Å². The Kier molecular flexibility index (Phi) is 6.43. The summed E-state index contributed by atoms with van der Waals surface area (Å²) in [6, 6.07) is 9.69. The van der Waals surface area contributed by atoms with E-state index in [0.717, 1.165) is 0 Å². The fourth-order valence-corrected chi connectivity index (χ4v) is 3.50. The van der Waals surface area contributed by atoms with E-state index in [1.807, 2.05) is 0 Å². The van der Waals surface area contributed by atoms with Crippen LogP contribution in [-0.2, 0) is 0 Å². The highest BCUT2D eigenvalue weighted by molar-refractivity contribution is 6.31. The van der Waals surface area contributed by atoms with Crippen molar-refractivity contribution in [2.24, 2.45) is 5.92 Å². The summed E-state index contributed by atoms with van der Waals surface area (Å²) in [5, 5.41) is 14.0. The molecular weight excluding hydrogens is 401 g/mol. The molecule has 1 aliphatic rings. The molecule has 0 saturated carbocycles. The summed E-state index contributed by atoms with van der Waals surface area (Å²) >= 11 is 5.86. The third-order valence-corrected chi connectivity index (χ3v) is 5.19. The third kappa shape index (κ3) is 4.89. The van der Waals surface area contributed by atoms with Crippen LogP contribution in [0.1, 0.15) is 33.6 Å². The Hall–Kier alpha value is -3.00. The van der Waals surface area contributed by atoms with E-state index in [1.54, 1.807) is 11.0 Å². The second-order valence-electron chi connectivity index (χ2n) is 6.84. The maximum atomic E-state index is 13.8. The summed E-state index contributed by atoms with van der Waals surface area (Å²) in [6.07, 6.45) is 1.27. The summed E-state index contributed by atoms with van der Waals surface area (Å²) in [7, 11) is 0. The molecule has 0 bridgehead atoms. The molecule has 2 aromatic rings. The molecule has 2 aromatic carbocycles. The molecule has 1 heterocycles. The van der Waals surface area contributed by atoms with E-state index in [2.05, 4.69) is 5.32 Å². The SMILES string of the molecule is O=C(NCC1CCN(C(=O)c2ccccc2F)CC1)c1cc(Cl)ccc1[N+](=O)[O-]. The van der Waals surface area contributed by atoms with Crippen molar-refractivity contribution in [1.82, 2.24) is 10.2 Å². The van der Waals surface area contributed by atoms with Crippen molar-refractivity contribution < 1.29 is 18.9 Å². The number of nitro benzene ring substituents is 1. The predicted octanol–water partition coefficient (Wildman–Crippen LogP) is 3.67. The number of halogens is 2. The number of amides is 2. The number of rotatable bonds is 5. The molecule has 0 atom stereocenters. The lowest BCUT2D eigenvalue weighted by Gasteiger charge is -2.32. The van der Waals surface area contributed by atoms with Crippen LogP contribution >= 0.6 is 11.6 Å². The number of hydrogen-bond acceptors (Lipinski definition) is 4. The van der Waals surface area contributed by atoms with Gasteiger partial charge in [0, 0.05) is 30.7 Å². The average Bonchev–Trinajstić information content (AvgIpc) is 2.72. The number of carbonyl (C=O) groups is 2. The molecule has 0 spiro atoms. The highest BCUT2D eigenvalue weighted by atomic mass is 35.5. The lowest BCUT2D eigenvalue weighted by molar-refractivity contribution is -0.385. The summed E-state index contributed by atoms with van der Waals surface area (Å²) in [4.78, 5) is 36.9. The first-order valence-corrected chi connectivity index (χ1v) is 9.50. The quantitative estimate of drug-likeness (QED) is 0.591. The molecule has 1 saturated heterocycles. The van der Waals surface area contributed by atoms with Crippen LogP contribution in [0.4, 0.5) is 10.1 Å². The van der Waals surface area contributed by atoms with Gasteiger partial charge < -0.3 is 10.2 Å². The van der Waals surface area contributed by atoms with E-state index in [4.69, 9.17) is 11.6 Å². The zero-order chi connectivity index (χ0) is 21.0. The number of nitro groups is 1. The maximum absolute atomic E-state index is 13.8. The lowest BCUT2D eigenvalue weighted by atomic mass is 9.96. The van der Waals surface area contributed by atoms with E-state index in [1.165, 1.54) is 36.4 Å². The van der Waals surface area contributed by atoms with Gasteiger partial charge in [-0.05, 0) is 43.0 Å². The second-order valence-corrected chi connectivity index (χ2v) is 7.28. The molecule has 1 fully saturated rings. The van der Waals surface area contributed by atoms with Crippen molar-refractivity contribution >= 4 is 29.1 Å². The molecule has 9 heteroatoms. The number of benzene rings is 2. The fraction of sp³-hybridized carbons (Fsp3) is 0.300. The Labute approximate surface area is 171 Å². The van der Waals surface area contributed by atoms with Gasteiger partial charge >= 0.3 is 0 Å². The number of likely N-dealkylation sites (tertiary alicyclic amines) is 1. The van der Waals surface area contributed by atoms with Crippen molar-refractivity contribution in [3.05, 3.63) is 74.5 Å². The van der Waals surface area contributed by atoms with Gasteiger partial charge in [0.25, 0.3) is 17.5 Å². The summed E-state index contributed by atoms with van der Waals surface area (Å²) in [5.41, 5.74) is -0.348.